The van der Waals surface area contributed by atoms with Crippen LogP contribution in [-0.2, 0) is 13.0 Å². The number of halogens is 1. The van der Waals surface area contributed by atoms with E-state index in [0.29, 0.717) is 0 Å². The Kier molecular flexibility index (Phi) is 2.77. The summed E-state index contributed by atoms with van der Waals surface area (Å²) >= 11 is 7.80. The van der Waals surface area contributed by atoms with Gasteiger partial charge in [0.15, 0.2) is 0 Å². The molecule has 1 N–H and O–H groups in total. The lowest BCUT2D eigenvalue weighted by Crippen LogP contribution is -1.81. The number of aliphatic hydroxyl groups is 1. The lowest BCUT2D eigenvalue weighted by atomic mass is 10.1. The molecule has 0 atom stereocenters. The van der Waals surface area contributed by atoms with Crippen molar-refractivity contribution >= 4 is 33.0 Å². The Hall–Kier alpha value is -0.570. The zero-order chi connectivity index (χ0) is 10.1. The van der Waals surface area contributed by atoms with Gasteiger partial charge >= 0.3 is 0 Å². The first-order chi connectivity index (χ1) is 6.76. The highest BCUT2D eigenvalue weighted by atomic mass is 35.5. The van der Waals surface area contributed by atoms with Crippen molar-refractivity contribution < 1.29 is 5.11 Å². The monoisotopic (exact) mass is 226 g/mol. The topological polar surface area (TPSA) is 20.2 Å². The molecule has 1 aromatic carbocycles. The molecule has 2 aromatic rings. The molecule has 0 spiro atoms. The normalized spacial score (nSPS) is 11.1. The van der Waals surface area contributed by atoms with Gasteiger partial charge in [0.25, 0.3) is 0 Å². The molecule has 0 amide bonds. The van der Waals surface area contributed by atoms with Crippen LogP contribution in [0, 0.1) is 0 Å². The minimum Gasteiger partial charge on any atom is -0.392 e. The summed E-state index contributed by atoms with van der Waals surface area (Å²) in [6.45, 7) is 2.20. The van der Waals surface area contributed by atoms with Crippen LogP contribution >= 0.6 is 22.9 Å². The predicted octanol–water partition coefficient (Wildman–Crippen LogP) is 3.61. The molecule has 0 bridgehead atoms. The van der Waals surface area contributed by atoms with E-state index < -0.39 is 0 Å². The fourth-order valence-corrected chi connectivity index (χ4v) is 2.89. The van der Waals surface area contributed by atoms with Crippen molar-refractivity contribution in [1.29, 1.82) is 0 Å². The van der Waals surface area contributed by atoms with Crippen molar-refractivity contribution in [3.05, 3.63) is 33.7 Å². The van der Waals surface area contributed by atoms with Crippen LogP contribution in [0.2, 0.25) is 5.02 Å². The summed E-state index contributed by atoms with van der Waals surface area (Å²) in [6.07, 6.45) is 1.01. The zero-order valence-electron chi connectivity index (χ0n) is 7.88. The second-order valence-electron chi connectivity index (χ2n) is 3.17. The summed E-state index contributed by atoms with van der Waals surface area (Å²) in [5, 5.41) is 11.0. The van der Waals surface area contributed by atoms with Gasteiger partial charge in [-0.3, -0.25) is 0 Å². The molecule has 0 saturated carbocycles. The van der Waals surface area contributed by atoms with E-state index in [9.17, 15) is 5.11 Å². The van der Waals surface area contributed by atoms with Gasteiger partial charge in [0.1, 0.15) is 0 Å². The summed E-state index contributed by atoms with van der Waals surface area (Å²) in [5.74, 6) is 0. The summed E-state index contributed by atoms with van der Waals surface area (Å²) in [4.78, 5) is 1.31. The fourth-order valence-electron chi connectivity index (χ4n) is 1.50. The van der Waals surface area contributed by atoms with Crippen LogP contribution in [0.5, 0.6) is 0 Å². The van der Waals surface area contributed by atoms with Crippen molar-refractivity contribution in [3.8, 4) is 0 Å². The van der Waals surface area contributed by atoms with Gasteiger partial charge in [0.05, 0.1) is 6.61 Å². The lowest BCUT2D eigenvalue weighted by molar-refractivity contribution is 0.283. The molecule has 14 heavy (non-hydrogen) atoms. The Morgan fingerprint density at radius 3 is 2.86 bits per heavy atom. The molecule has 0 fully saturated rings. The number of hydrogen-bond acceptors (Lipinski definition) is 2. The molecule has 1 aromatic heterocycles. The molecule has 0 aliphatic rings. The van der Waals surface area contributed by atoms with E-state index in [2.05, 4.69) is 13.0 Å². The Balaban J connectivity index is 2.74. The van der Waals surface area contributed by atoms with Crippen LogP contribution in [0.25, 0.3) is 10.1 Å². The van der Waals surface area contributed by atoms with Gasteiger partial charge in [-0.15, -0.1) is 11.3 Å². The first-order valence-electron chi connectivity index (χ1n) is 4.57. The largest absolute Gasteiger partial charge is 0.392 e. The molecular weight excluding hydrogens is 216 g/mol. The summed E-state index contributed by atoms with van der Waals surface area (Å²) in [5.41, 5.74) is 0.967. The Morgan fingerprint density at radius 2 is 2.21 bits per heavy atom. The van der Waals surface area contributed by atoms with Gasteiger partial charge in [-0.25, -0.2) is 0 Å². The highest BCUT2D eigenvalue weighted by Gasteiger charge is 2.07. The number of thiophene rings is 1. The average molecular weight is 227 g/mol. The van der Waals surface area contributed by atoms with Gasteiger partial charge in [0.2, 0.25) is 0 Å². The van der Waals surface area contributed by atoms with Crippen LogP contribution < -0.4 is 0 Å². The van der Waals surface area contributed by atoms with Crippen LogP contribution in [0.3, 0.4) is 0 Å². The molecule has 0 unspecified atom stereocenters. The number of rotatable bonds is 2. The molecule has 0 aliphatic carbocycles. The number of benzene rings is 1. The Morgan fingerprint density at radius 1 is 1.43 bits per heavy atom. The van der Waals surface area contributed by atoms with E-state index in [4.69, 9.17) is 11.6 Å². The third kappa shape index (κ3) is 1.54. The third-order valence-electron chi connectivity index (χ3n) is 2.28. The number of hydrogen-bond donors (Lipinski definition) is 1. The maximum absolute atomic E-state index is 9.17. The van der Waals surface area contributed by atoms with Crippen molar-refractivity contribution in [1.82, 2.24) is 0 Å². The van der Waals surface area contributed by atoms with E-state index >= 15 is 0 Å². The fraction of sp³-hybridized carbons (Fsp3) is 0.273. The van der Waals surface area contributed by atoms with Gasteiger partial charge < -0.3 is 5.11 Å². The predicted molar refractivity (Wildman–Crippen MR) is 62.1 cm³/mol. The molecule has 3 heteroatoms. The first-order valence-corrected chi connectivity index (χ1v) is 5.76. The van der Waals surface area contributed by atoms with Crippen molar-refractivity contribution in [2.45, 2.75) is 20.0 Å². The lowest BCUT2D eigenvalue weighted by Gasteiger charge is -1.99. The SMILES string of the molecule is CCc1cc2c(Cl)ccc(CO)c2s1. The summed E-state index contributed by atoms with van der Waals surface area (Å²) < 4.78 is 1.12. The first kappa shape index (κ1) is 9.97. The molecule has 74 valence electrons. The minimum absolute atomic E-state index is 0.0807. The molecule has 2 rings (SSSR count). The van der Waals surface area contributed by atoms with Crippen molar-refractivity contribution in [3.63, 3.8) is 0 Å². The van der Waals surface area contributed by atoms with Crippen LogP contribution in [0.1, 0.15) is 17.4 Å². The maximum atomic E-state index is 9.17. The molecule has 1 heterocycles. The van der Waals surface area contributed by atoms with Crippen LogP contribution in [-0.4, -0.2) is 5.11 Å². The second kappa shape index (κ2) is 3.89. The zero-order valence-corrected chi connectivity index (χ0v) is 9.45. The van der Waals surface area contributed by atoms with E-state index in [0.717, 1.165) is 27.1 Å². The summed E-state index contributed by atoms with van der Waals surface area (Å²) in [7, 11) is 0. The highest BCUT2D eigenvalue weighted by molar-refractivity contribution is 7.19. The van der Waals surface area contributed by atoms with E-state index in [1.807, 2.05) is 12.1 Å². The second-order valence-corrected chi connectivity index (χ2v) is 4.72. The number of aryl methyl sites for hydroxylation is 1. The molecule has 1 nitrogen and oxygen atoms in total. The summed E-state index contributed by atoms with van der Waals surface area (Å²) in [6, 6.07) is 5.85. The molecule has 0 aliphatic heterocycles. The van der Waals surface area contributed by atoms with Crippen molar-refractivity contribution in [2.24, 2.45) is 0 Å². The molecule has 0 saturated heterocycles. The number of fused-ring (bicyclic) bond motifs is 1. The molecular formula is C11H11ClOS. The van der Waals surface area contributed by atoms with Gasteiger partial charge in [-0.2, -0.15) is 0 Å². The molecule has 0 radical (unpaired) electrons. The van der Waals surface area contributed by atoms with E-state index in [1.165, 1.54) is 4.88 Å². The average Bonchev–Trinajstić information content (AvgIpc) is 2.63. The maximum Gasteiger partial charge on any atom is 0.0695 e. The highest BCUT2D eigenvalue weighted by Crippen LogP contribution is 2.34. The van der Waals surface area contributed by atoms with Gasteiger partial charge in [-0.1, -0.05) is 24.6 Å². The minimum atomic E-state index is 0.0807. The Labute approximate surface area is 91.9 Å². The van der Waals surface area contributed by atoms with Crippen LogP contribution in [0.4, 0.5) is 0 Å². The number of aliphatic hydroxyl groups excluding tert-OH is 1. The third-order valence-corrected chi connectivity index (χ3v) is 3.97. The van der Waals surface area contributed by atoms with Gasteiger partial charge in [0, 0.05) is 20.0 Å². The van der Waals surface area contributed by atoms with Crippen LogP contribution in [0.15, 0.2) is 18.2 Å². The van der Waals surface area contributed by atoms with E-state index in [-0.39, 0.29) is 6.61 Å². The standard InChI is InChI=1S/C11H11ClOS/c1-2-8-5-9-10(12)4-3-7(6-13)11(9)14-8/h3-5,13H,2,6H2,1H3. The van der Waals surface area contributed by atoms with Crippen molar-refractivity contribution in [2.75, 3.05) is 0 Å². The quantitative estimate of drug-likeness (QED) is 0.830. The smallest absolute Gasteiger partial charge is 0.0695 e. The Bertz CT molecular complexity index is 462. The van der Waals surface area contributed by atoms with Gasteiger partial charge in [-0.05, 0) is 24.1 Å². The van der Waals surface area contributed by atoms with E-state index in [1.54, 1.807) is 11.3 Å².